The molecule has 1 aromatic heterocycles. The summed E-state index contributed by atoms with van der Waals surface area (Å²) in [5, 5.41) is 0. The van der Waals surface area contributed by atoms with Gasteiger partial charge in [-0.2, -0.15) is 0 Å². The standard InChI is InChI=1S/C10H17N2O/c1-3-10-11(4-2)5-6-12(10)7-9-8-13-9/h5-6,9H,3-4,7-8H2,1-2H3/q+1. The van der Waals surface area contributed by atoms with Gasteiger partial charge >= 0.3 is 0 Å². The molecule has 72 valence electrons. The number of hydrogen-bond acceptors (Lipinski definition) is 1. The molecule has 0 bridgehead atoms. The fourth-order valence-corrected chi connectivity index (χ4v) is 1.75. The molecule has 1 atom stereocenters. The maximum atomic E-state index is 5.22. The average Bonchev–Trinajstić information content (AvgIpc) is 2.85. The quantitative estimate of drug-likeness (QED) is 0.496. The van der Waals surface area contributed by atoms with Crippen molar-refractivity contribution < 1.29 is 9.30 Å². The molecule has 0 aromatic carbocycles. The second kappa shape index (κ2) is 3.50. The van der Waals surface area contributed by atoms with Crippen molar-refractivity contribution in [3.8, 4) is 0 Å². The number of imidazole rings is 1. The van der Waals surface area contributed by atoms with Crippen molar-refractivity contribution >= 4 is 0 Å². The number of nitrogens with zero attached hydrogens (tertiary/aromatic N) is 2. The largest absolute Gasteiger partial charge is 0.369 e. The van der Waals surface area contributed by atoms with E-state index >= 15 is 0 Å². The van der Waals surface area contributed by atoms with Gasteiger partial charge in [-0.1, -0.05) is 6.92 Å². The predicted molar refractivity (Wildman–Crippen MR) is 49.4 cm³/mol. The Balaban J connectivity index is 2.17. The minimum atomic E-state index is 0.475. The van der Waals surface area contributed by atoms with Crippen molar-refractivity contribution in [1.82, 2.24) is 4.57 Å². The maximum Gasteiger partial charge on any atom is 0.256 e. The van der Waals surface area contributed by atoms with Gasteiger partial charge in [-0.05, 0) is 6.92 Å². The van der Waals surface area contributed by atoms with Gasteiger partial charge in [0.15, 0.2) is 0 Å². The van der Waals surface area contributed by atoms with Crippen LogP contribution < -0.4 is 4.57 Å². The molecule has 0 radical (unpaired) electrons. The van der Waals surface area contributed by atoms with E-state index in [9.17, 15) is 0 Å². The van der Waals surface area contributed by atoms with Crippen LogP contribution in [0.25, 0.3) is 0 Å². The second-order valence-electron chi connectivity index (χ2n) is 3.46. The minimum absolute atomic E-state index is 0.475. The molecule has 0 spiro atoms. The normalized spacial score (nSPS) is 20.6. The summed E-state index contributed by atoms with van der Waals surface area (Å²) in [6.07, 6.45) is 5.88. The van der Waals surface area contributed by atoms with E-state index in [4.69, 9.17) is 4.74 Å². The van der Waals surface area contributed by atoms with Crippen LogP contribution in [0, 0.1) is 0 Å². The summed E-state index contributed by atoms with van der Waals surface area (Å²) in [7, 11) is 0. The first kappa shape index (κ1) is 8.75. The number of rotatable bonds is 4. The second-order valence-corrected chi connectivity index (χ2v) is 3.46. The van der Waals surface area contributed by atoms with Crippen LogP contribution in [0.5, 0.6) is 0 Å². The van der Waals surface area contributed by atoms with Crippen molar-refractivity contribution in [3.63, 3.8) is 0 Å². The third kappa shape index (κ3) is 1.75. The van der Waals surface area contributed by atoms with Crippen LogP contribution in [-0.4, -0.2) is 17.3 Å². The first-order valence-corrected chi connectivity index (χ1v) is 5.04. The zero-order valence-electron chi connectivity index (χ0n) is 8.36. The molecular formula is C10H17N2O+. The molecule has 1 aliphatic rings. The fourth-order valence-electron chi connectivity index (χ4n) is 1.75. The van der Waals surface area contributed by atoms with Gasteiger partial charge in [0.1, 0.15) is 25.0 Å². The smallest absolute Gasteiger partial charge is 0.256 e. The van der Waals surface area contributed by atoms with Crippen molar-refractivity contribution in [2.45, 2.75) is 39.5 Å². The van der Waals surface area contributed by atoms with Gasteiger partial charge in [0.25, 0.3) is 5.82 Å². The van der Waals surface area contributed by atoms with E-state index in [1.807, 2.05) is 0 Å². The fraction of sp³-hybridized carbons (Fsp3) is 0.700. The van der Waals surface area contributed by atoms with Crippen LogP contribution in [0.3, 0.4) is 0 Å². The first-order valence-electron chi connectivity index (χ1n) is 5.04. The third-order valence-corrected chi connectivity index (χ3v) is 2.55. The summed E-state index contributed by atoms with van der Waals surface area (Å²) in [4.78, 5) is 0. The molecule has 0 amide bonds. The van der Waals surface area contributed by atoms with Gasteiger partial charge in [-0.15, -0.1) is 0 Å². The Morgan fingerprint density at radius 2 is 2.38 bits per heavy atom. The molecule has 3 heteroatoms. The number of aryl methyl sites for hydroxylation is 1. The van der Waals surface area contributed by atoms with E-state index in [-0.39, 0.29) is 0 Å². The molecule has 13 heavy (non-hydrogen) atoms. The highest BCUT2D eigenvalue weighted by molar-refractivity contribution is 4.83. The van der Waals surface area contributed by atoms with E-state index in [0.29, 0.717) is 6.10 Å². The molecule has 1 fully saturated rings. The van der Waals surface area contributed by atoms with Gasteiger partial charge in [0.05, 0.1) is 13.2 Å². The average molecular weight is 181 g/mol. The van der Waals surface area contributed by atoms with Gasteiger partial charge in [-0.3, -0.25) is 0 Å². The van der Waals surface area contributed by atoms with Gasteiger partial charge in [-0.25, -0.2) is 9.13 Å². The molecular weight excluding hydrogens is 164 g/mol. The highest BCUT2D eigenvalue weighted by atomic mass is 16.6. The summed E-state index contributed by atoms with van der Waals surface area (Å²) < 4.78 is 9.83. The molecule has 3 nitrogen and oxygen atoms in total. The Kier molecular flexibility index (Phi) is 2.36. The van der Waals surface area contributed by atoms with Crippen molar-refractivity contribution in [2.24, 2.45) is 0 Å². The Bertz CT molecular complexity index is 289. The van der Waals surface area contributed by atoms with E-state index in [2.05, 4.69) is 35.4 Å². The maximum absolute atomic E-state index is 5.22. The number of ether oxygens (including phenoxy) is 1. The van der Waals surface area contributed by atoms with E-state index in [0.717, 1.165) is 26.1 Å². The molecule has 1 saturated heterocycles. The lowest BCUT2D eigenvalue weighted by Gasteiger charge is -1.99. The van der Waals surface area contributed by atoms with Crippen molar-refractivity contribution in [2.75, 3.05) is 6.61 Å². The molecule has 0 aliphatic carbocycles. The molecule has 2 rings (SSSR count). The van der Waals surface area contributed by atoms with Crippen molar-refractivity contribution in [3.05, 3.63) is 18.2 Å². The zero-order valence-corrected chi connectivity index (χ0v) is 8.36. The van der Waals surface area contributed by atoms with Gasteiger partial charge in [0, 0.05) is 6.42 Å². The van der Waals surface area contributed by atoms with Crippen LogP contribution in [-0.2, 0) is 24.2 Å². The van der Waals surface area contributed by atoms with E-state index in [1.165, 1.54) is 5.82 Å². The van der Waals surface area contributed by atoms with Crippen LogP contribution in [0.2, 0.25) is 0 Å². The summed E-state index contributed by atoms with van der Waals surface area (Å²) in [5.74, 6) is 1.40. The summed E-state index contributed by atoms with van der Waals surface area (Å²) >= 11 is 0. The lowest BCUT2D eigenvalue weighted by atomic mass is 10.4. The Hall–Kier alpha value is -0.830. The highest BCUT2D eigenvalue weighted by Crippen LogP contribution is 2.09. The minimum Gasteiger partial charge on any atom is -0.369 e. The van der Waals surface area contributed by atoms with E-state index < -0.39 is 0 Å². The Morgan fingerprint density at radius 3 is 2.92 bits per heavy atom. The van der Waals surface area contributed by atoms with Crippen molar-refractivity contribution in [1.29, 1.82) is 0 Å². The lowest BCUT2D eigenvalue weighted by Crippen LogP contribution is -2.39. The lowest BCUT2D eigenvalue weighted by molar-refractivity contribution is -0.704. The van der Waals surface area contributed by atoms with Crippen LogP contribution in [0.4, 0.5) is 0 Å². The van der Waals surface area contributed by atoms with Gasteiger partial charge < -0.3 is 4.74 Å². The molecule has 1 unspecified atom stereocenters. The monoisotopic (exact) mass is 181 g/mol. The number of epoxide rings is 1. The highest BCUT2D eigenvalue weighted by Gasteiger charge is 2.27. The summed E-state index contributed by atoms with van der Waals surface area (Å²) in [6, 6.07) is 0. The SMILES string of the molecule is CCc1n(CC)cc[n+]1CC1CO1. The Labute approximate surface area is 78.9 Å². The first-order chi connectivity index (χ1) is 6.35. The molecule has 0 saturated carbocycles. The summed E-state index contributed by atoms with van der Waals surface area (Å²) in [5.41, 5.74) is 0. The van der Waals surface area contributed by atoms with Crippen LogP contribution >= 0.6 is 0 Å². The molecule has 0 N–H and O–H groups in total. The number of aromatic nitrogens is 2. The molecule has 1 aromatic rings. The zero-order chi connectivity index (χ0) is 9.26. The van der Waals surface area contributed by atoms with Crippen LogP contribution in [0.1, 0.15) is 19.7 Å². The predicted octanol–water partition coefficient (Wildman–Crippen LogP) is 0.757. The topological polar surface area (TPSA) is 21.3 Å². The van der Waals surface area contributed by atoms with E-state index in [1.54, 1.807) is 0 Å². The third-order valence-electron chi connectivity index (χ3n) is 2.55. The van der Waals surface area contributed by atoms with Gasteiger partial charge in [0.2, 0.25) is 0 Å². The summed E-state index contributed by atoms with van der Waals surface area (Å²) in [6.45, 7) is 7.40. The van der Waals surface area contributed by atoms with Crippen LogP contribution in [0.15, 0.2) is 12.4 Å². The molecule has 2 heterocycles. The number of hydrogen-bond donors (Lipinski definition) is 0. The molecule has 1 aliphatic heterocycles. The Morgan fingerprint density at radius 1 is 1.62 bits per heavy atom.